The van der Waals surface area contributed by atoms with Crippen molar-refractivity contribution in [1.82, 2.24) is 5.32 Å². The Morgan fingerprint density at radius 1 is 1.08 bits per heavy atom. The zero-order valence-corrected chi connectivity index (χ0v) is 14.3. The van der Waals surface area contributed by atoms with E-state index in [9.17, 15) is 23.1 Å². The van der Waals surface area contributed by atoms with Crippen LogP contribution in [0.15, 0.2) is 54.6 Å². The van der Waals surface area contributed by atoms with Crippen LogP contribution < -0.4 is 5.32 Å². The van der Waals surface area contributed by atoms with Crippen LogP contribution in [0, 0.1) is 0 Å². The van der Waals surface area contributed by atoms with E-state index in [2.05, 4.69) is 5.32 Å². The van der Waals surface area contributed by atoms with E-state index in [1.54, 1.807) is 30.3 Å². The first kappa shape index (κ1) is 20.1. The van der Waals surface area contributed by atoms with Gasteiger partial charge < -0.3 is 15.2 Å². The molecule has 2 aromatic rings. The normalized spacial score (nSPS) is 13.7. The second kappa shape index (κ2) is 8.91. The van der Waals surface area contributed by atoms with Crippen LogP contribution in [-0.2, 0) is 17.8 Å². The molecule has 1 amide bonds. The summed E-state index contributed by atoms with van der Waals surface area (Å²) >= 11 is 5.75. The van der Waals surface area contributed by atoms with Gasteiger partial charge in [0, 0.05) is 5.02 Å². The predicted molar refractivity (Wildman–Crippen MR) is 90.8 cm³/mol. The van der Waals surface area contributed by atoms with Crippen LogP contribution in [0.2, 0.25) is 5.02 Å². The number of nitrogens with one attached hydrogen (secondary N) is 1. The zero-order chi connectivity index (χ0) is 19.2. The summed E-state index contributed by atoms with van der Waals surface area (Å²) in [7, 11) is 0. The molecule has 0 fully saturated rings. The summed E-state index contributed by atoms with van der Waals surface area (Å²) in [6, 6.07) is 13.2. The third-order valence-corrected chi connectivity index (χ3v) is 3.85. The fraction of sp³-hybridized carbons (Fsp3) is 0.278. The topological polar surface area (TPSA) is 58.6 Å². The number of aliphatic hydroxyl groups excluding tert-OH is 1. The molecule has 2 N–H and O–H groups in total. The Bertz CT molecular complexity index is 708. The molecule has 2 rings (SSSR count). The Labute approximate surface area is 153 Å². The fourth-order valence-electron chi connectivity index (χ4n) is 2.26. The Morgan fingerprint density at radius 3 is 2.27 bits per heavy atom. The number of benzene rings is 2. The van der Waals surface area contributed by atoms with Crippen LogP contribution in [-0.4, -0.2) is 29.5 Å². The molecule has 0 radical (unpaired) electrons. The number of hydrogen-bond acceptors (Lipinski definition) is 3. The summed E-state index contributed by atoms with van der Waals surface area (Å²) in [6.07, 6.45) is -8.90. The summed E-state index contributed by atoms with van der Waals surface area (Å²) in [5.74, 6) is 0. The van der Waals surface area contributed by atoms with Crippen LogP contribution in [0.1, 0.15) is 11.1 Å². The van der Waals surface area contributed by atoms with Crippen molar-refractivity contribution in [2.75, 3.05) is 0 Å². The molecule has 0 unspecified atom stereocenters. The van der Waals surface area contributed by atoms with Gasteiger partial charge in [0.25, 0.3) is 0 Å². The summed E-state index contributed by atoms with van der Waals surface area (Å²) in [6.45, 7) is -0.0948. The third kappa shape index (κ3) is 6.24. The van der Waals surface area contributed by atoms with Crippen molar-refractivity contribution in [2.45, 2.75) is 31.3 Å². The second-order valence-electron chi connectivity index (χ2n) is 5.63. The minimum absolute atomic E-state index is 0.0948. The monoisotopic (exact) mass is 387 g/mol. The first-order valence-corrected chi connectivity index (χ1v) is 8.10. The molecule has 0 aliphatic heterocycles. The lowest BCUT2D eigenvalue weighted by atomic mass is 10.0. The van der Waals surface area contributed by atoms with Gasteiger partial charge in [0.2, 0.25) is 0 Å². The molecule has 0 bridgehead atoms. The van der Waals surface area contributed by atoms with Crippen molar-refractivity contribution < 1.29 is 27.8 Å². The Kier molecular flexibility index (Phi) is 6.88. The third-order valence-electron chi connectivity index (χ3n) is 3.60. The molecule has 0 heterocycles. The molecule has 26 heavy (non-hydrogen) atoms. The smallest absolute Gasteiger partial charge is 0.416 e. The van der Waals surface area contributed by atoms with Crippen LogP contribution >= 0.6 is 11.6 Å². The number of aliphatic hydroxyl groups is 1. The first-order chi connectivity index (χ1) is 12.3. The maximum absolute atomic E-state index is 12.9. The lowest BCUT2D eigenvalue weighted by Gasteiger charge is -2.25. The van der Waals surface area contributed by atoms with Crippen LogP contribution in [0.5, 0.6) is 0 Å². The number of halogens is 4. The Morgan fingerprint density at radius 2 is 1.69 bits per heavy atom. The Hall–Kier alpha value is -2.25. The molecule has 0 saturated carbocycles. The standard InChI is InChI=1S/C18H17ClF3NO3/c19-14-8-6-12(7-9-14)10-15(16(24)18(20,21)22)23-17(25)26-11-13-4-2-1-3-5-13/h1-9,15-16,24H,10-11H2,(H,23,25)/t15-,16-/m0/s1. The van der Waals surface area contributed by atoms with E-state index in [0.29, 0.717) is 16.1 Å². The highest BCUT2D eigenvalue weighted by Gasteiger charge is 2.44. The van der Waals surface area contributed by atoms with Crippen LogP contribution in [0.4, 0.5) is 18.0 Å². The fourth-order valence-corrected chi connectivity index (χ4v) is 2.39. The summed E-state index contributed by atoms with van der Waals surface area (Å²) < 4.78 is 43.6. The summed E-state index contributed by atoms with van der Waals surface area (Å²) in [5.41, 5.74) is 1.17. The molecule has 0 aromatic heterocycles. The van der Waals surface area contributed by atoms with Gasteiger partial charge in [0.15, 0.2) is 6.10 Å². The molecule has 0 aliphatic carbocycles. The van der Waals surface area contributed by atoms with Crippen molar-refractivity contribution in [3.05, 3.63) is 70.7 Å². The highest BCUT2D eigenvalue weighted by molar-refractivity contribution is 6.30. The van der Waals surface area contributed by atoms with E-state index in [1.807, 2.05) is 0 Å². The van der Waals surface area contributed by atoms with Gasteiger partial charge in [0.1, 0.15) is 6.61 Å². The van der Waals surface area contributed by atoms with Crippen molar-refractivity contribution in [1.29, 1.82) is 0 Å². The van der Waals surface area contributed by atoms with Gasteiger partial charge in [-0.3, -0.25) is 0 Å². The van der Waals surface area contributed by atoms with Crippen molar-refractivity contribution in [3.8, 4) is 0 Å². The maximum Gasteiger partial charge on any atom is 0.416 e. The van der Waals surface area contributed by atoms with E-state index in [4.69, 9.17) is 16.3 Å². The van der Waals surface area contributed by atoms with Gasteiger partial charge in [-0.2, -0.15) is 13.2 Å². The zero-order valence-electron chi connectivity index (χ0n) is 13.5. The number of carbonyl (C=O) groups is 1. The number of amides is 1. The average molecular weight is 388 g/mol. The number of hydrogen-bond donors (Lipinski definition) is 2. The van der Waals surface area contributed by atoms with E-state index in [0.717, 1.165) is 0 Å². The van der Waals surface area contributed by atoms with Gasteiger partial charge in [-0.05, 0) is 29.7 Å². The number of ether oxygens (including phenoxy) is 1. The maximum atomic E-state index is 12.9. The highest BCUT2D eigenvalue weighted by Crippen LogP contribution is 2.24. The first-order valence-electron chi connectivity index (χ1n) is 7.72. The van der Waals surface area contributed by atoms with Gasteiger partial charge in [-0.25, -0.2) is 4.79 Å². The SMILES string of the molecule is O=C(N[C@@H](Cc1ccc(Cl)cc1)[C@H](O)C(F)(F)F)OCc1ccccc1. The summed E-state index contributed by atoms with van der Waals surface area (Å²) in [5, 5.41) is 12.1. The minimum Gasteiger partial charge on any atom is -0.445 e. The van der Waals surface area contributed by atoms with Crippen LogP contribution in [0.25, 0.3) is 0 Å². The van der Waals surface area contributed by atoms with E-state index >= 15 is 0 Å². The van der Waals surface area contributed by atoms with E-state index in [1.165, 1.54) is 24.3 Å². The predicted octanol–water partition coefficient (Wildman–Crippen LogP) is 4.10. The molecule has 0 spiro atoms. The molecule has 140 valence electrons. The van der Waals surface area contributed by atoms with Crippen LogP contribution in [0.3, 0.4) is 0 Å². The van der Waals surface area contributed by atoms with Gasteiger partial charge >= 0.3 is 12.3 Å². The molecule has 0 saturated heterocycles. The van der Waals surface area contributed by atoms with Gasteiger partial charge in [0.05, 0.1) is 6.04 Å². The molecule has 2 aromatic carbocycles. The second-order valence-corrected chi connectivity index (χ2v) is 6.07. The van der Waals surface area contributed by atoms with Gasteiger partial charge in [-0.1, -0.05) is 54.1 Å². The number of carbonyl (C=O) groups excluding carboxylic acids is 1. The molecule has 8 heteroatoms. The number of alkyl halides is 3. The quantitative estimate of drug-likeness (QED) is 0.784. The van der Waals surface area contributed by atoms with E-state index in [-0.39, 0.29) is 13.0 Å². The summed E-state index contributed by atoms with van der Waals surface area (Å²) in [4.78, 5) is 11.9. The Balaban J connectivity index is 2.02. The lowest BCUT2D eigenvalue weighted by molar-refractivity contribution is -0.211. The van der Waals surface area contributed by atoms with Crippen molar-refractivity contribution >= 4 is 17.7 Å². The molecule has 4 nitrogen and oxygen atoms in total. The lowest BCUT2D eigenvalue weighted by Crippen LogP contribution is -2.51. The highest BCUT2D eigenvalue weighted by atomic mass is 35.5. The molecular weight excluding hydrogens is 371 g/mol. The number of rotatable bonds is 6. The van der Waals surface area contributed by atoms with E-state index < -0.39 is 24.4 Å². The largest absolute Gasteiger partial charge is 0.445 e. The molecule has 2 atom stereocenters. The van der Waals surface area contributed by atoms with Crippen molar-refractivity contribution in [3.63, 3.8) is 0 Å². The minimum atomic E-state index is -4.89. The van der Waals surface area contributed by atoms with Gasteiger partial charge in [-0.15, -0.1) is 0 Å². The number of alkyl carbamates (subject to hydrolysis) is 1. The average Bonchev–Trinajstić information content (AvgIpc) is 2.61. The van der Waals surface area contributed by atoms with Crippen molar-refractivity contribution in [2.24, 2.45) is 0 Å². The molecule has 0 aliphatic rings. The molecular formula is C18H17ClF3NO3.